The van der Waals surface area contributed by atoms with Crippen LogP contribution in [0, 0.1) is 5.92 Å². The van der Waals surface area contributed by atoms with E-state index in [9.17, 15) is 4.79 Å². The summed E-state index contributed by atoms with van der Waals surface area (Å²) in [6.07, 6.45) is 2.32. The van der Waals surface area contributed by atoms with Gasteiger partial charge in [-0.1, -0.05) is 67.6 Å². The lowest BCUT2D eigenvalue weighted by Crippen LogP contribution is -2.43. The Morgan fingerprint density at radius 1 is 1.15 bits per heavy atom. The number of rotatable bonds is 7. The Hall–Kier alpha value is -2.17. The number of amides is 1. The lowest BCUT2D eigenvalue weighted by Gasteiger charge is -2.26. The van der Waals surface area contributed by atoms with E-state index in [1.54, 1.807) is 0 Å². The highest BCUT2D eigenvalue weighted by atomic mass is 16.1. The van der Waals surface area contributed by atoms with E-state index in [4.69, 9.17) is 5.73 Å². The van der Waals surface area contributed by atoms with Gasteiger partial charge in [0.25, 0.3) is 0 Å². The van der Waals surface area contributed by atoms with Crippen LogP contribution in [0.5, 0.6) is 0 Å². The Bertz CT molecular complexity index is 689. The summed E-state index contributed by atoms with van der Waals surface area (Å²) in [6.45, 7) is 4.63. The molecular formula is C22H29N3O. The van der Waals surface area contributed by atoms with Crippen LogP contribution in [0.3, 0.4) is 0 Å². The normalized spacial score (nSPS) is 19.8. The summed E-state index contributed by atoms with van der Waals surface area (Å²) < 4.78 is 0. The second-order valence-corrected chi connectivity index (χ2v) is 7.22. The molecule has 0 aromatic heterocycles. The molecule has 3 rings (SSSR count). The predicted octanol–water partition coefficient (Wildman–Crippen LogP) is 3.10. The van der Waals surface area contributed by atoms with Gasteiger partial charge in [-0.05, 0) is 30.5 Å². The average Bonchev–Trinajstić information content (AvgIpc) is 3.13. The summed E-state index contributed by atoms with van der Waals surface area (Å²) in [6, 6.07) is 20.5. The molecule has 1 saturated heterocycles. The number of carbonyl (C=O) groups excluding carboxylic acids is 1. The smallest absolute Gasteiger partial charge is 0.224 e. The van der Waals surface area contributed by atoms with Crippen molar-refractivity contribution in [2.45, 2.75) is 38.4 Å². The summed E-state index contributed by atoms with van der Waals surface area (Å²) in [4.78, 5) is 15.0. The first-order valence-electron chi connectivity index (χ1n) is 9.51. The van der Waals surface area contributed by atoms with Crippen LogP contribution in [-0.2, 0) is 11.3 Å². The van der Waals surface area contributed by atoms with Crippen molar-refractivity contribution >= 4 is 5.91 Å². The largest absolute Gasteiger partial charge is 0.354 e. The zero-order chi connectivity index (χ0) is 18.4. The van der Waals surface area contributed by atoms with E-state index >= 15 is 0 Å². The molecule has 4 nitrogen and oxygen atoms in total. The summed E-state index contributed by atoms with van der Waals surface area (Å²) in [5, 5.41) is 3.13. The van der Waals surface area contributed by atoms with Gasteiger partial charge < -0.3 is 11.1 Å². The number of nitrogens with one attached hydrogen (secondary N) is 1. The highest BCUT2D eigenvalue weighted by Crippen LogP contribution is 2.21. The van der Waals surface area contributed by atoms with Crippen molar-refractivity contribution in [3.8, 4) is 0 Å². The van der Waals surface area contributed by atoms with Crippen LogP contribution in [0.15, 0.2) is 60.7 Å². The fourth-order valence-corrected chi connectivity index (χ4v) is 3.66. The van der Waals surface area contributed by atoms with Gasteiger partial charge in [-0.2, -0.15) is 0 Å². The number of carbonyl (C=O) groups is 1. The van der Waals surface area contributed by atoms with Gasteiger partial charge in [-0.15, -0.1) is 0 Å². The van der Waals surface area contributed by atoms with Gasteiger partial charge in [0, 0.05) is 25.2 Å². The predicted molar refractivity (Wildman–Crippen MR) is 105 cm³/mol. The molecule has 26 heavy (non-hydrogen) atoms. The maximum Gasteiger partial charge on any atom is 0.224 e. The Morgan fingerprint density at radius 2 is 1.81 bits per heavy atom. The second-order valence-electron chi connectivity index (χ2n) is 7.22. The van der Waals surface area contributed by atoms with Crippen molar-refractivity contribution < 1.29 is 4.79 Å². The van der Waals surface area contributed by atoms with E-state index in [0.717, 1.165) is 25.1 Å². The topological polar surface area (TPSA) is 58.4 Å². The molecule has 2 aromatic rings. The van der Waals surface area contributed by atoms with Crippen LogP contribution >= 0.6 is 0 Å². The first-order chi connectivity index (χ1) is 12.6. The minimum absolute atomic E-state index is 0.0351. The molecule has 2 aromatic carbocycles. The molecule has 1 aliphatic heterocycles. The van der Waals surface area contributed by atoms with Gasteiger partial charge in [0.05, 0.1) is 5.92 Å². The molecule has 4 heteroatoms. The fourth-order valence-electron chi connectivity index (χ4n) is 3.66. The summed E-state index contributed by atoms with van der Waals surface area (Å²) >= 11 is 0. The Morgan fingerprint density at radius 3 is 2.50 bits per heavy atom. The van der Waals surface area contributed by atoms with Crippen LogP contribution in [0.1, 0.15) is 36.9 Å². The molecule has 1 heterocycles. The molecule has 138 valence electrons. The van der Waals surface area contributed by atoms with Gasteiger partial charge in [-0.25, -0.2) is 0 Å². The van der Waals surface area contributed by atoms with Crippen molar-refractivity contribution in [3.63, 3.8) is 0 Å². The standard InChI is InChI=1S/C22H29N3O/c1-17(21(23)19-11-6-3-7-12-19)22(26)24-15-20-13-8-14-25(20)16-18-9-4-2-5-10-18/h2-7,9-12,17,20-21H,8,13-16,23H2,1H3,(H,24,26). The van der Waals surface area contributed by atoms with Crippen molar-refractivity contribution in [2.24, 2.45) is 11.7 Å². The van der Waals surface area contributed by atoms with Crippen molar-refractivity contribution in [1.29, 1.82) is 0 Å². The number of hydrogen-bond acceptors (Lipinski definition) is 3. The molecule has 0 saturated carbocycles. The maximum absolute atomic E-state index is 12.6. The van der Waals surface area contributed by atoms with E-state index in [0.29, 0.717) is 12.6 Å². The molecule has 3 unspecified atom stereocenters. The number of likely N-dealkylation sites (tertiary alicyclic amines) is 1. The molecule has 1 fully saturated rings. The van der Waals surface area contributed by atoms with Crippen molar-refractivity contribution in [1.82, 2.24) is 10.2 Å². The van der Waals surface area contributed by atoms with E-state index in [2.05, 4.69) is 34.5 Å². The van der Waals surface area contributed by atoms with Gasteiger partial charge in [-0.3, -0.25) is 9.69 Å². The third kappa shape index (κ3) is 4.71. The summed E-state index contributed by atoms with van der Waals surface area (Å²) in [5.74, 6) is -0.214. The number of benzene rings is 2. The van der Waals surface area contributed by atoms with E-state index in [1.165, 1.54) is 12.0 Å². The molecule has 1 amide bonds. The van der Waals surface area contributed by atoms with Gasteiger partial charge in [0.15, 0.2) is 0 Å². The highest BCUT2D eigenvalue weighted by Gasteiger charge is 2.27. The molecule has 0 bridgehead atoms. The molecule has 1 aliphatic rings. The highest BCUT2D eigenvalue weighted by molar-refractivity contribution is 5.79. The van der Waals surface area contributed by atoms with Gasteiger partial charge in [0.2, 0.25) is 5.91 Å². The summed E-state index contributed by atoms with van der Waals surface area (Å²) in [7, 11) is 0. The van der Waals surface area contributed by atoms with E-state index < -0.39 is 0 Å². The number of nitrogens with zero attached hydrogens (tertiary/aromatic N) is 1. The van der Waals surface area contributed by atoms with Crippen molar-refractivity contribution in [3.05, 3.63) is 71.8 Å². The first kappa shape index (κ1) is 18.6. The van der Waals surface area contributed by atoms with Crippen LogP contribution < -0.4 is 11.1 Å². The number of nitrogens with two attached hydrogens (primary N) is 1. The Kier molecular flexibility index (Phi) is 6.42. The maximum atomic E-state index is 12.6. The van der Waals surface area contributed by atoms with Crippen LogP contribution in [-0.4, -0.2) is 29.9 Å². The second kappa shape index (κ2) is 8.97. The zero-order valence-corrected chi connectivity index (χ0v) is 15.5. The fraction of sp³-hybridized carbons (Fsp3) is 0.409. The molecule has 0 spiro atoms. The van der Waals surface area contributed by atoms with E-state index in [-0.39, 0.29) is 17.9 Å². The minimum Gasteiger partial charge on any atom is -0.354 e. The Labute approximate surface area is 156 Å². The molecule has 3 N–H and O–H groups in total. The lowest BCUT2D eigenvalue weighted by atomic mass is 9.94. The monoisotopic (exact) mass is 351 g/mol. The molecule has 0 aliphatic carbocycles. The van der Waals surface area contributed by atoms with Crippen LogP contribution in [0.2, 0.25) is 0 Å². The van der Waals surface area contributed by atoms with Crippen LogP contribution in [0.25, 0.3) is 0 Å². The number of hydrogen-bond donors (Lipinski definition) is 2. The minimum atomic E-state index is -0.278. The van der Waals surface area contributed by atoms with Crippen LogP contribution in [0.4, 0.5) is 0 Å². The summed E-state index contributed by atoms with van der Waals surface area (Å²) in [5.41, 5.74) is 8.61. The van der Waals surface area contributed by atoms with Crippen molar-refractivity contribution in [2.75, 3.05) is 13.1 Å². The van der Waals surface area contributed by atoms with Gasteiger partial charge in [0.1, 0.15) is 0 Å². The Balaban J connectivity index is 1.51. The third-order valence-corrected chi connectivity index (χ3v) is 5.38. The third-order valence-electron chi connectivity index (χ3n) is 5.38. The average molecular weight is 351 g/mol. The molecule has 3 atom stereocenters. The molecular weight excluding hydrogens is 322 g/mol. The first-order valence-corrected chi connectivity index (χ1v) is 9.51. The SMILES string of the molecule is CC(C(=O)NCC1CCCN1Cc1ccccc1)C(N)c1ccccc1. The lowest BCUT2D eigenvalue weighted by molar-refractivity contribution is -0.125. The quantitative estimate of drug-likeness (QED) is 0.806. The molecule has 0 radical (unpaired) electrons. The zero-order valence-electron chi connectivity index (χ0n) is 15.5. The van der Waals surface area contributed by atoms with E-state index in [1.807, 2.05) is 43.3 Å². The van der Waals surface area contributed by atoms with Gasteiger partial charge >= 0.3 is 0 Å².